The Bertz CT molecular complexity index is 733. The number of fused-ring (bicyclic) bond motifs is 1. The van der Waals surface area contributed by atoms with E-state index in [1.54, 1.807) is 6.07 Å². The molecule has 0 unspecified atom stereocenters. The molecule has 2 N–H and O–H groups in total. The normalized spacial score (nSPS) is 17.3. The van der Waals surface area contributed by atoms with Gasteiger partial charge in [0.1, 0.15) is 5.03 Å². The second-order valence-corrected chi connectivity index (χ2v) is 6.14. The number of aryl methyl sites for hydroxylation is 1. The fourth-order valence-corrected chi connectivity index (χ4v) is 3.46. The van der Waals surface area contributed by atoms with Gasteiger partial charge in [0.05, 0.1) is 10.8 Å². The van der Waals surface area contributed by atoms with Gasteiger partial charge in [-0.2, -0.15) is 0 Å². The van der Waals surface area contributed by atoms with E-state index in [-0.39, 0.29) is 16.7 Å². The van der Waals surface area contributed by atoms with Crippen molar-refractivity contribution < 1.29 is 14.7 Å². The van der Waals surface area contributed by atoms with Gasteiger partial charge in [0.25, 0.3) is 0 Å². The van der Waals surface area contributed by atoms with Crippen LogP contribution in [0, 0.1) is 0 Å². The van der Waals surface area contributed by atoms with Gasteiger partial charge >= 0.3 is 5.97 Å². The number of carbonyl (C=O) groups excluding carboxylic acids is 1. The summed E-state index contributed by atoms with van der Waals surface area (Å²) in [6.45, 7) is 0. The molecule has 0 radical (unpaired) electrons. The first-order valence-corrected chi connectivity index (χ1v) is 7.77. The van der Waals surface area contributed by atoms with Crippen LogP contribution < -0.4 is 5.32 Å². The fraction of sp³-hybridized carbons (Fsp3) is 0.188. The van der Waals surface area contributed by atoms with Gasteiger partial charge in [-0.25, -0.2) is 9.78 Å². The number of benzene rings is 1. The number of carbonyl (C=O) groups is 2. The van der Waals surface area contributed by atoms with Gasteiger partial charge in [0.2, 0.25) is 5.91 Å². The van der Waals surface area contributed by atoms with E-state index in [9.17, 15) is 14.7 Å². The number of para-hydroxylation sites is 1. The Morgan fingerprint density at radius 2 is 2.09 bits per heavy atom. The number of rotatable bonds is 3. The van der Waals surface area contributed by atoms with Gasteiger partial charge in [-0.15, -0.1) is 0 Å². The van der Waals surface area contributed by atoms with Crippen LogP contribution in [0.4, 0.5) is 5.69 Å². The highest BCUT2D eigenvalue weighted by Crippen LogP contribution is 2.32. The number of aromatic nitrogens is 1. The van der Waals surface area contributed by atoms with Crippen molar-refractivity contribution in [3.63, 3.8) is 0 Å². The predicted molar refractivity (Wildman–Crippen MR) is 84.2 cm³/mol. The molecule has 2 aromatic rings. The van der Waals surface area contributed by atoms with Gasteiger partial charge in [0.15, 0.2) is 0 Å². The number of amides is 1. The minimum Gasteiger partial charge on any atom is -0.478 e. The molecule has 3 rings (SSSR count). The number of nitrogens with one attached hydrogen (secondary N) is 1. The topological polar surface area (TPSA) is 79.3 Å². The maximum Gasteiger partial charge on any atom is 0.338 e. The van der Waals surface area contributed by atoms with Crippen molar-refractivity contribution in [2.24, 2.45) is 0 Å². The standard InChI is InChI=1S/C16H14N2O3S/c19-14-13(8-7-10-4-1-2-6-12(10)18-14)22-15-11(16(20)21)5-3-9-17-15/h1-6,9,13H,7-8H2,(H,18,19)(H,20,21)/t13-/m1/s1. The summed E-state index contributed by atoms with van der Waals surface area (Å²) in [6.07, 6.45) is 2.95. The van der Waals surface area contributed by atoms with Crippen LogP contribution in [0.15, 0.2) is 47.6 Å². The zero-order chi connectivity index (χ0) is 15.5. The summed E-state index contributed by atoms with van der Waals surface area (Å²) in [4.78, 5) is 27.7. The van der Waals surface area contributed by atoms with Crippen molar-refractivity contribution in [2.45, 2.75) is 23.1 Å². The van der Waals surface area contributed by atoms with Gasteiger partial charge in [-0.05, 0) is 36.6 Å². The van der Waals surface area contributed by atoms with Crippen molar-refractivity contribution in [1.82, 2.24) is 4.98 Å². The van der Waals surface area contributed by atoms with Gasteiger partial charge in [-0.1, -0.05) is 30.0 Å². The molecule has 0 spiro atoms. The molecule has 0 saturated carbocycles. The average molecular weight is 314 g/mol. The largest absolute Gasteiger partial charge is 0.478 e. The molecule has 2 heterocycles. The molecule has 0 saturated heterocycles. The Morgan fingerprint density at radius 1 is 1.27 bits per heavy atom. The molecule has 5 nitrogen and oxygen atoms in total. The van der Waals surface area contributed by atoms with Gasteiger partial charge < -0.3 is 10.4 Å². The lowest BCUT2D eigenvalue weighted by molar-refractivity contribution is -0.115. The monoisotopic (exact) mass is 314 g/mol. The molecular weight excluding hydrogens is 300 g/mol. The van der Waals surface area contributed by atoms with Crippen LogP contribution in [-0.2, 0) is 11.2 Å². The molecule has 0 bridgehead atoms. The molecule has 1 aromatic heterocycles. The lowest BCUT2D eigenvalue weighted by Crippen LogP contribution is -2.24. The van der Waals surface area contributed by atoms with Crippen LogP contribution in [0.3, 0.4) is 0 Å². The summed E-state index contributed by atoms with van der Waals surface area (Å²) in [6, 6.07) is 10.8. The lowest BCUT2D eigenvalue weighted by atomic mass is 10.1. The number of hydrogen-bond acceptors (Lipinski definition) is 4. The third-order valence-corrected chi connectivity index (χ3v) is 4.78. The summed E-state index contributed by atoms with van der Waals surface area (Å²) in [5.74, 6) is -1.15. The second kappa shape index (κ2) is 6.19. The van der Waals surface area contributed by atoms with Crippen LogP contribution in [0.2, 0.25) is 0 Å². The number of carboxylic acid groups (broad SMARTS) is 1. The van der Waals surface area contributed by atoms with E-state index in [0.29, 0.717) is 11.4 Å². The Balaban J connectivity index is 1.83. The van der Waals surface area contributed by atoms with E-state index in [4.69, 9.17) is 0 Å². The van der Waals surface area contributed by atoms with Crippen molar-refractivity contribution >= 4 is 29.3 Å². The van der Waals surface area contributed by atoms with Crippen molar-refractivity contribution in [1.29, 1.82) is 0 Å². The van der Waals surface area contributed by atoms with Crippen LogP contribution >= 0.6 is 11.8 Å². The molecule has 112 valence electrons. The van der Waals surface area contributed by atoms with E-state index >= 15 is 0 Å². The van der Waals surface area contributed by atoms with Gasteiger partial charge in [0, 0.05) is 11.9 Å². The number of hydrogen-bond donors (Lipinski definition) is 2. The summed E-state index contributed by atoms with van der Waals surface area (Å²) < 4.78 is 0. The van der Waals surface area contributed by atoms with E-state index in [2.05, 4.69) is 10.3 Å². The van der Waals surface area contributed by atoms with Crippen LogP contribution in [-0.4, -0.2) is 27.2 Å². The fourth-order valence-electron chi connectivity index (χ4n) is 2.39. The summed E-state index contributed by atoms with van der Waals surface area (Å²) in [5.41, 5.74) is 2.05. The van der Waals surface area contributed by atoms with E-state index < -0.39 is 5.97 Å². The number of pyridine rings is 1. The maximum atomic E-state index is 12.4. The zero-order valence-electron chi connectivity index (χ0n) is 11.7. The van der Waals surface area contributed by atoms with E-state index in [1.807, 2.05) is 24.3 Å². The van der Waals surface area contributed by atoms with Crippen LogP contribution in [0.1, 0.15) is 22.3 Å². The van der Waals surface area contributed by atoms with Crippen molar-refractivity contribution in [3.05, 3.63) is 53.7 Å². The summed E-state index contributed by atoms with van der Waals surface area (Å²) >= 11 is 1.21. The molecule has 1 aliphatic heterocycles. The molecule has 22 heavy (non-hydrogen) atoms. The first-order chi connectivity index (χ1) is 10.6. The first kappa shape index (κ1) is 14.6. The smallest absolute Gasteiger partial charge is 0.338 e. The Morgan fingerprint density at radius 3 is 2.91 bits per heavy atom. The maximum absolute atomic E-state index is 12.4. The van der Waals surface area contributed by atoms with Gasteiger partial charge in [-0.3, -0.25) is 4.79 Å². The Hall–Kier alpha value is -2.34. The second-order valence-electron chi connectivity index (χ2n) is 4.95. The molecule has 1 atom stereocenters. The number of anilines is 1. The van der Waals surface area contributed by atoms with E-state index in [1.165, 1.54) is 24.0 Å². The minimum absolute atomic E-state index is 0.114. The number of carboxylic acids is 1. The number of aromatic carboxylic acids is 1. The van der Waals surface area contributed by atoms with E-state index in [0.717, 1.165) is 17.7 Å². The molecule has 1 aliphatic rings. The van der Waals surface area contributed by atoms with Crippen molar-refractivity contribution in [2.75, 3.05) is 5.32 Å². The minimum atomic E-state index is -1.03. The zero-order valence-corrected chi connectivity index (χ0v) is 12.5. The summed E-state index contributed by atoms with van der Waals surface area (Å²) in [7, 11) is 0. The molecule has 6 heteroatoms. The highest BCUT2D eigenvalue weighted by atomic mass is 32.2. The Labute approximate surface area is 131 Å². The lowest BCUT2D eigenvalue weighted by Gasteiger charge is -2.13. The number of nitrogens with zero attached hydrogens (tertiary/aromatic N) is 1. The third kappa shape index (κ3) is 2.96. The van der Waals surface area contributed by atoms with Crippen LogP contribution in [0.5, 0.6) is 0 Å². The summed E-state index contributed by atoms with van der Waals surface area (Å²) in [5, 5.41) is 12.1. The molecule has 1 aromatic carbocycles. The number of thioether (sulfide) groups is 1. The first-order valence-electron chi connectivity index (χ1n) is 6.89. The quantitative estimate of drug-likeness (QED) is 0.910. The highest BCUT2D eigenvalue weighted by Gasteiger charge is 2.26. The van der Waals surface area contributed by atoms with Crippen molar-refractivity contribution in [3.8, 4) is 0 Å². The third-order valence-electron chi connectivity index (χ3n) is 3.50. The SMILES string of the molecule is O=C(O)c1cccnc1S[C@@H]1CCc2ccccc2NC1=O. The average Bonchev–Trinajstić information content (AvgIpc) is 2.67. The molecular formula is C16H14N2O3S. The van der Waals surface area contributed by atoms with Crippen LogP contribution in [0.25, 0.3) is 0 Å². The predicted octanol–water partition coefficient (Wildman–Crippen LogP) is 2.83. The Kier molecular flexibility index (Phi) is 4.11. The molecule has 0 fully saturated rings. The molecule has 0 aliphatic carbocycles. The molecule has 1 amide bonds. The highest BCUT2D eigenvalue weighted by molar-refractivity contribution is 8.00.